The van der Waals surface area contributed by atoms with Crippen molar-refractivity contribution in [2.24, 2.45) is 5.73 Å². The molecule has 3 heteroatoms. The highest BCUT2D eigenvalue weighted by molar-refractivity contribution is 6.07. The van der Waals surface area contributed by atoms with Crippen molar-refractivity contribution in [3.63, 3.8) is 0 Å². The SMILES string of the molecule is CCn1c(C)c(C(N)=O)c2cc(C)ccc21. The normalized spacial score (nSPS) is 10.9. The molecule has 2 rings (SSSR count). The van der Waals surface area contributed by atoms with Crippen LogP contribution in [-0.4, -0.2) is 10.5 Å². The fourth-order valence-electron chi connectivity index (χ4n) is 2.31. The lowest BCUT2D eigenvalue weighted by Gasteiger charge is -2.03. The van der Waals surface area contributed by atoms with Gasteiger partial charge in [0.25, 0.3) is 5.91 Å². The maximum absolute atomic E-state index is 11.5. The van der Waals surface area contributed by atoms with Gasteiger partial charge in [-0.05, 0) is 32.9 Å². The first kappa shape index (κ1) is 10.7. The van der Waals surface area contributed by atoms with E-state index in [1.165, 1.54) is 0 Å². The molecule has 1 heterocycles. The summed E-state index contributed by atoms with van der Waals surface area (Å²) in [5.41, 5.74) is 9.28. The molecule has 2 N–H and O–H groups in total. The molecule has 1 amide bonds. The number of aromatic nitrogens is 1. The van der Waals surface area contributed by atoms with Crippen LogP contribution < -0.4 is 5.73 Å². The number of primary amides is 1. The van der Waals surface area contributed by atoms with E-state index in [4.69, 9.17) is 5.73 Å². The number of aryl methyl sites for hydroxylation is 2. The van der Waals surface area contributed by atoms with Crippen LogP contribution in [0.15, 0.2) is 18.2 Å². The molecule has 0 radical (unpaired) electrons. The molecule has 1 aromatic heterocycles. The molecular weight excluding hydrogens is 200 g/mol. The molecule has 1 aromatic carbocycles. The highest BCUT2D eigenvalue weighted by Crippen LogP contribution is 2.26. The Morgan fingerprint density at radius 1 is 1.38 bits per heavy atom. The van der Waals surface area contributed by atoms with Crippen LogP contribution in [0.5, 0.6) is 0 Å². The van der Waals surface area contributed by atoms with Gasteiger partial charge in [-0.1, -0.05) is 11.6 Å². The van der Waals surface area contributed by atoms with Gasteiger partial charge < -0.3 is 10.3 Å². The van der Waals surface area contributed by atoms with Gasteiger partial charge in [-0.2, -0.15) is 0 Å². The largest absolute Gasteiger partial charge is 0.366 e. The topological polar surface area (TPSA) is 48.0 Å². The second kappa shape index (κ2) is 3.67. The van der Waals surface area contributed by atoms with Gasteiger partial charge in [0.15, 0.2) is 0 Å². The molecule has 0 unspecified atom stereocenters. The lowest BCUT2D eigenvalue weighted by atomic mass is 10.1. The quantitative estimate of drug-likeness (QED) is 0.823. The van der Waals surface area contributed by atoms with Crippen molar-refractivity contribution < 1.29 is 4.79 Å². The van der Waals surface area contributed by atoms with Gasteiger partial charge in [-0.3, -0.25) is 4.79 Å². The minimum absolute atomic E-state index is 0.347. The second-order valence-electron chi connectivity index (χ2n) is 4.09. The van der Waals surface area contributed by atoms with Crippen molar-refractivity contribution in [2.45, 2.75) is 27.3 Å². The standard InChI is InChI=1S/C13H16N2O/c1-4-15-9(3)12(13(14)16)10-7-8(2)5-6-11(10)15/h5-7H,4H2,1-3H3,(H2,14,16). The summed E-state index contributed by atoms with van der Waals surface area (Å²) in [6, 6.07) is 6.13. The van der Waals surface area contributed by atoms with Gasteiger partial charge in [0.05, 0.1) is 5.56 Å². The molecule has 84 valence electrons. The first-order valence-electron chi connectivity index (χ1n) is 5.45. The average molecular weight is 216 g/mol. The highest BCUT2D eigenvalue weighted by atomic mass is 16.1. The molecule has 0 atom stereocenters. The van der Waals surface area contributed by atoms with Gasteiger partial charge in [-0.15, -0.1) is 0 Å². The van der Waals surface area contributed by atoms with Crippen molar-refractivity contribution in [1.82, 2.24) is 4.57 Å². The van der Waals surface area contributed by atoms with Gasteiger partial charge in [0.1, 0.15) is 0 Å². The molecule has 0 fully saturated rings. The third-order valence-corrected chi connectivity index (χ3v) is 3.04. The Labute approximate surface area is 94.9 Å². The van der Waals surface area contributed by atoms with E-state index in [0.29, 0.717) is 5.56 Å². The van der Waals surface area contributed by atoms with E-state index < -0.39 is 0 Å². The Kier molecular flexibility index (Phi) is 2.46. The number of benzene rings is 1. The molecule has 0 aliphatic heterocycles. The zero-order chi connectivity index (χ0) is 11.9. The molecule has 0 saturated heterocycles. The first-order chi connectivity index (χ1) is 7.56. The number of carbonyl (C=O) groups excluding carboxylic acids is 1. The number of amides is 1. The Morgan fingerprint density at radius 2 is 2.06 bits per heavy atom. The van der Waals surface area contributed by atoms with Crippen LogP contribution in [0, 0.1) is 13.8 Å². The van der Waals surface area contributed by atoms with Crippen molar-refractivity contribution in [3.05, 3.63) is 35.0 Å². The maximum atomic E-state index is 11.5. The summed E-state index contributed by atoms with van der Waals surface area (Å²) < 4.78 is 2.12. The number of nitrogens with zero attached hydrogens (tertiary/aromatic N) is 1. The van der Waals surface area contributed by atoms with Crippen LogP contribution >= 0.6 is 0 Å². The Bertz CT molecular complexity index is 567. The summed E-state index contributed by atoms with van der Waals surface area (Å²) in [5, 5.41) is 0.965. The van der Waals surface area contributed by atoms with Gasteiger partial charge in [-0.25, -0.2) is 0 Å². The minimum Gasteiger partial charge on any atom is -0.366 e. The van der Waals surface area contributed by atoms with E-state index in [1.54, 1.807) is 0 Å². The number of rotatable bonds is 2. The van der Waals surface area contributed by atoms with Crippen molar-refractivity contribution in [3.8, 4) is 0 Å². The van der Waals surface area contributed by atoms with E-state index >= 15 is 0 Å². The predicted molar refractivity (Wildman–Crippen MR) is 65.6 cm³/mol. The van der Waals surface area contributed by atoms with Gasteiger partial charge >= 0.3 is 0 Å². The molecule has 0 saturated carbocycles. The monoisotopic (exact) mass is 216 g/mol. The number of nitrogens with two attached hydrogens (primary N) is 1. The average Bonchev–Trinajstić information content (AvgIpc) is 2.48. The first-order valence-corrected chi connectivity index (χ1v) is 5.45. The molecule has 2 aromatic rings. The molecule has 0 aliphatic rings. The van der Waals surface area contributed by atoms with Crippen LogP contribution in [-0.2, 0) is 6.54 Å². The zero-order valence-electron chi connectivity index (χ0n) is 9.87. The lowest BCUT2D eigenvalue weighted by Crippen LogP contribution is -2.12. The maximum Gasteiger partial charge on any atom is 0.251 e. The molecular formula is C13H16N2O. The molecule has 0 spiro atoms. The Balaban J connectivity index is 2.92. The van der Waals surface area contributed by atoms with Crippen molar-refractivity contribution >= 4 is 16.8 Å². The number of hydrogen-bond acceptors (Lipinski definition) is 1. The van der Waals surface area contributed by atoms with Crippen molar-refractivity contribution in [1.29, 1.82) is 0 Å². The van der Waals surface area contributed by atoms with E-state index in [1.807, 2.05) is 26.0 Å². The van der Waals surface area contributed by atoms with E-state index in [9.17, 15) is 4.79 Å². The summed E-state index contributed by atoms with van der Waals surface area (Å²) in [6.45, 7) is 6.87. The van der Waals surface area contributed by atoms with Gasteiger partial charge in [0.2, 0.25) is 0 Å². The Hall–Kier alpha value is -1.77. The summed E-state index contributed by atoms with van der Waals surface area (Å²) in [4.78, 5) is 11.5. The van der Waals surface area contributed by atoms with E-state index in [2.05, 4.69) is 17.6 Å². The van der Waals surface area contributed by atoms with Gasteiger partial charge in [0, 0.05) is 23.1 Å². The second-order valence-corrected chi connectivity index (χ2v) is 4.09. The number of carbonyl (C=O) groups is 1. The van der Waals surface area contributed by atoms with Crippen LogP contribution in [0.2, 0.25) is 0 Å². The summed E-state index contributed by atoms with van der Waals surface area (Å²) >= 11 is 0. The van der Waals surface area contributed by atoms with Crippen LogP contribution in [0.3, 0.4) is 0 Å². The fourth-order valence-corrected chi connectivity index (χ4v) is 2.31. The predicted octanol–water partition coefficient (Wildman–Crippen LogP) is 2.38. The lowest BCUT2D eigenvalue weighted by molar-refractivity contribution is 0.100. The number of hydrogen-bond donors (Lipinski definition) is 1. The summed E-state index contributed by atoms with van der Waals surface area (Å²) in [5.74, 6) is -0.347. The highest BCUT2D eigenvalue weighted by Gasteiger charge is 2.16. The summed E-state index contributed by atoms with van der Waals surface area (Å²) in [6.07, 6.45) is 0. The van der Waals surface area contributed by atoms with Crippen LogP contribution in [0.4, 0.5) is 0 Å². The van der Waals surface area contributed by atoms with Crippen molar-refractivity contribution in [2.75, 3.05) is 0 Å². The zero-order valence-corrected chi connectivity index (χ0v) is 9.87. The van der Waals surface area contributed by atoms with Crippen LogP contribution in [0.1, 0.15) is 28.5 Å². The fraction of sp³-hybridized carbons (Fsp3) is 0.308. The molecule has 0 aliphatic carbocycles. The number of fused-ring (bicyclic) bond motifs is 1. The third-order valence-electron chi connectivity index (χ3n) is 3.04. The smallest absolute Gasteiger partial charge is 0.251 e. The van der Waals surface area contributed by atoms with E-state index in [0.717, 1.165) is 28.7 Å². The molecule has 16 heavy (non-hydrogen) atoms. The minimum atomic E-state index is -0.347. The van der Waals surface area contributed by atoms with E-state index in [-0.39, 0.29) is 5.91 Å². The molecule has 0 bridgehead atoms. The summed E-state index contributed by atoms with van der Waals surface area (Å²) in [7, 11) is 0. The molecule has 3 nitrogen and oxygen atoms in total. The van der Waals surface area contributed by atoms with Crippen LogP contribution in [0.25, 0.3) is 10.9 Å². The third kappa shape index (κ3) is 1.40. The Morgan fingerprint density at radius 3 is 2.62 bits per heavy atom.